The molecule has 5 atom stereocenters. The van der Waals surface area contributed by atoms with Crippen molar-refractivity contribution < 1.29 is 24.3 Å². The van der Waals surface area contributed by atoms with Crippen molar-refractivity contribution in [1.29, 1.82) is 0 Å². The highest BCUT2D eigenvalue weighted by molar-refractivity contribution is 7.98. The number of nitrogens with one attached hydrogen (secondary N) is 4. The monoisotopic (exact) mass is 595 g/mol. The molecule has 0 radical (unpaired) electrons. The van der Waals surface area contributed by atoms with Crippen molar-refractivity contribution in [2.45, 2.75) is 63.7 Å². The van der Waals surface area contributed by atoms with Crippen molar-refractivity contribution in [1.82, 2.24) is 20.9 Å². The molecule has 0 aliphatic rings. The van der Waals surface area contributed by atoms with E-state index >= 15 is 0 Å². The maximum Gasteiger partial charge on any atom is 0.326 e. The topological polar surface area (TPSA) is 166 Å². The number of para-hydroxylation sites is 1. The van der Waals surface area contributed by atoms with Gasteiger partial charge in [-0.05, 0) is 48.0 Å². The van der Waals surface area contributed by atoms with E-state index in [1.165, 1.54) is 11.8 Å². The number of amides is 3. The van der Waals surface area contributed by atoms with Gasteiger partial charge >= 0.3 is 5.97 Å². The Labute approximate surface area is 250 Å². The molecule has 0 fully saturated rings. The van der Waals surface area contributed by atoms with E-state index in [1.807, 2.05) is 80.9 Å². The molecule has 0 saturated heterocycles. The molecule has 2 aromatic carbocycles. The van der Waals surface area contributed by atoms with Crippen molar-refractivity contribution in [2.24, 2.45) is 11.7 Å². The highest BCUT2D eigenvalue weighted by Crippen LogP contribution is 2.19. The second-order valence-electron chi connectivity index (χ2n) is 10.5. The number of rotatable bonds is 16. The molecule has 42 heavy (non-hydrogen) atoms. The van der Waals surface area contributed by atoms with Gasteiger partial charge in [0, 0.05) is 23.5 Å². The molecule has 0 aliphatic carbocycles. The highest BCUT2D eigenvalue weighted by Gasteiger charge is 2.33. The van der Waals surface area contributed by atoms with E-state index in [1.54, 1.807) is 0 Å². The lowest BCUT2D eigenvalue weighted by Crippen LogP contribution is -2.59. The average molecular weight is 596 g/mol. The van der Waals surface area contributed by atoms with Gasteiger partial charge in [-0.15, -0.1) is 0 Å². The number of carboxylic acids is 1. The Hall–Kier alpha value is -3.83. The van der Waals surface area contributed by atoms with E-state index in [4.69, 9.17) is 5.73 Å². The Morgan fingerprint density at radius 2 is 1.57 bits per heavy atom. The van der Waals surface area contributed by atoms with Crippen LogP contribution < -0.4 is 21.7 Å². The molecule has 7 N–H and O–H groups in total. The van der Waals surface area contributed by atoms with Gasteiger partial charge in [0.05, 0.1) is 6.04 Å². The second-order valence-corrected chi connectivity index (χ2v) is 11.5. The number of fused-ring (bicyclic) bond motifs is 1. The summed E-state index contributed by atoms with van der Waals surface area (Å²) in [6, 6.07) is 13.0. The molecule has 3 rings (SSSR count). The first-order valence-electron chi connectivity index (χ1n) is 14.1. The van der Waals surface area contributed by atoms with E-state index < -0.39 is 47.9 Å². The fourth-order valence-electron chi connectivity index (χ4n) is 4.68. The molecule has 0 saturated carbocycles. The Morgan fingerprint density at radius 1 is 0.905 bits per heavy atom. The minimum absolute atomic E-state index is 0.179. The molecule has 0 spiro atoms. The van der Waals surface area contributed by atoms with Crippen LogP contribution in [-0.4, -0.2) is 70.0 Å². The lowest BCUT2D eigenvalue weighted by atomic mass is 9.96. The Balaban J connectivity index is 1.77. The molecule has 1 heterocycles. The maximum absolute atomic E-state index is 13.7. The predicted octanol–water partition coefficient (Wildman–Crippen LogP) is 2.62. The van der Waals surface area contributed by atoms with Gasteiger partial charge in [0.25, 0.3) is 0 Å². The third-order valence-electron chi connectivity index (χ3n) is 7.39. The number of carboxylic acid groups (broad SMARTS) is 1. The molecule has 0 aliphatic heterocycles. The van der Waals surface area contributed by atoms with Crippen LogP contribution in [0, 0.1) is 5.92 Å². The number of carbonyl (C=O) groups is 4. The zero-order chi connectivity index (χ0) is 30.6. The van der Waals surface area contributed by atoms with Gasteiger partial charge in [-0.1, -0.05) is 68.8 Å². The number of thioether (sulfide) groups is 1. The zero-order valence-electron chi connectivity index (χ0n) is 24.3. The summed E-state index contributed by atoms with van der Waals surface area (Å²) in [7, 11) is 0. The lowest BCUT2D eigenvalue weighted by Gasteiger charge is -2.28. The number of carbonyl (C=O) groups excluding carboxylic acids is 3. The third-order valence-corrected chi connectivity index (χ3v) is 8.03. The number of benzene rings is 2. The van der Waals surface area contributed by atoms with Gasteiger partial charge in [-0.25, -0.2) is 4.79 Å². The lowest BCUT2D eigenvalue weighted by molar-refractivity contribution is -0.142. The average Bonchev–Trinajstić information content (AvgIpc) is 3.39. The second kappa shape index (κ2) is 16.0. The van der Waals surface area contributed by atoms with Crippen molar-refractivity contribution in [3.8, 4) is 0 Å². The predicted molar refractivity (Wildman–Crippen MR) is 166 cm³/mol. The van der Waals surface area contributed by atoms with Crippen molar-refractivity contribution in [3.63, 3.8) is 0 Å². The van der Waals surface area contributed by atoms with Crippen LogP contribution in [-0.2, 0) is 32.0 Å². The van der Waals surface area contributed by atoms with Crippen LogP contribution >= 0.6 is 11.8 Å². The number of aliphatic carboxylic acids is 1. The SMILES string of the molecule is CCC(C)C(NC(=O)C(Cc1ccccc1)NC(=O)C(N)Cc1c[nH]c2ccccc12)C(=O)NC(CCSC)C(=O)O. The van der Waals surface area contributed by atoms with Crippen molar-refractivity contribution in [3.05, 3.63) is 71.9 Å². The number of aromatic amines is 1. The van der Waals surface area contributed by atoms with Crippen LogP contribution in [0.1, 0.15) is 37.8 Å². The molecule has 1 aromatic heterocycles. The molecule has 0 bridgehead atoms. The van der Waals surface area contributed by atoms with Crippen LogP contribution in [0.15, 0.2) is 60.8 Å². The maximum atomic E-state index is 13.7. The third kappa shape index (κ3) is 9.09. The summed E-state index contributed by atoms with van der Waals surface area (Å²) < 4.78 is 0. The van der Waals surface area contributed by atoms with Crippen LogP contribution in [0.2, 0.25) is 0 Å². The van der Waals surface area contributed by atoms with E-state index in [0.717, 1.165) is 22.0 Å². The quantitative estimate of drug-likeness (QED) is 0.148. The number of hydrogen-bond donors (Lipinski definition) is 6. The molecular formula is C31H41N5O5S. The fourth-order valence-corrected chi connectivity index (χ4v) is 5.15. The Bertz CT molecular complexity index is 1350. The molecule has 226 valence electrons. The summed E-state index contributed by atoms with van der Waals surface area (Å²) in [4.78, 5) is 55.1. The van der Waals surface area contributed by atoms with E-state index in [9.17, 15) is 24.3 Å². The summed E-state index contributed by atoms with van der Waals surface area (Å²) in [5.74, 6) is -2.49. The number of H-pyrrole nitrogens is 1. The fraction of sp³-hybridized carbons (Fsp3) is 0.419. The molecule has 3 aromatic rings. The summed E-state index contributed by atoms with van der Waals surface area (Å²) in [5.41, 5.74) is 8.95. The normalized spacial score (nSPS) is 14.8. The first-order chi connectivity index (χ1) is 20.1. The minimum Gasteiger partial charge on any atom is -0.480 e. The van der Waals surface area contributed by atoms with Crippen molar-refractivity contribution >= 4 is 46.4 Å². The van der Waals surface area contributed by atoms with Gasteiger partial charge in [0.2, 0.25) is 17.7 Å². The molecule has 5 unspecified atom stereocenters. The van der Waals surface area contributed by atoms with Gasteiger partial charge in [-0.2, -0.15) is 11.8 Å². The van der Waals surface area contributed by atoms with Crippen LogP contribution in [0.4, 0.5) is 0 Å². The smallest absolute Gasteiger partial charge is 0.326 e. The molecule has 10 nitrogen and oxygen atoms in total. The van der Waals surface area contributed by atoms with E-state index in [0.29, 0.717) is 12.2 Å². The zero-order valence-corrected chi connectivity index (χ0v) is 25.1. The van der Waals surface area contributed by atoms with E-state index in [2.05, 4.69) is 20.9 Å². The largest absolute Gasteiger partial charge is 0.480 e. The first kappa shape index (κ1) is 32.7. The number of aromatic nitrogens is 1. The van der Waals surface area contributed by atoms with Gasteiger partial charge < -0.3 is 31.8 Å². The van der Waals surface area contributed by atoms with E-state index in [-0.39, 0.29) is 25.2 Å². The Morgan fingerprint density at radius 3 is 2.24 bits per heavy atom. The van der Waals surface area contributed by atoms with Gasteiger partial charge in [0.1, 0.15) is 18.1 Å². The highest BCUT2D eigenvalue weighted by atomic mass is 32.2. The van der Waals surface area contributed by atoms with Crippen LogP contribution in [0.3, 0.4) is 0 Å². The minimum atomic E-state index is -1.13. The number of hydrogen-bond acceptors (Lipinski definition) is 6. The summed E-state index contributed by atoms with van der Waals surface area (Å²) in [6.45, 7) is 3.69. The first-order valence-corrected chi connectivity index (χ1v) is 15.5. The van der Waals surface area contributed by atoms with Crippen molar-refractivity contribution in [2.75, 3.05) is 12.0 Å². The summed E-state index contributed by atoms with van der Waals surface area (Å²) >= 11 is 1.48. The molecule has 3 amide bonds. The number of nitrogens with two attached hydrogens (primary N) is 1. The standard InChI is InChI=1S/C31H41N5O5S/c1-4-19(2)27(30(39)34-25(31(40)41)14-15-42-3)36-29(38)26(16-20-10-6-5-7-11-20)35-28(37)23(32)17-21-18-33-24-13-9-8-12-22(21)24/h5-13,18-19,23,25-27,33H,4,14-17,32H2,1-3H3,(H,34,39)(H,35,37)(H,36,38)(H,40,41). The van der Waals surface area contributed by atoms with Crippen LogP contribution in [0.5, 0.6) is 0 Å². The summed E-state index contributed by atoms with van der Waals surface area (Å²) in [5, 5.41) is 18.7. The summed E-state index contributed by atoms with van der Waals surface area (Å²) in [6.07, 6.45) is 4.94. The van der Waals surface area contributed by atoms with Crippen LogP contribution in [0.25, 0.3) is 10.9 Å². The Kier molecular flexibility index (Phi) is 12.4. The van der Waals surface area contributed by atoms with Gasteiger partial charge in [-0.3, -0.25) is 14.4 Å². The molecular weight excluding hydrogens is 554 g/mol. The molecule has 11 heteroatoms. The van der Waals surface area contributed by atoms with Gasteiger partial charge in [0.15, 0.2) is 0 Å².